The fraction of sp³-hybridized carbons (Fsp3) is 0.933. The first kappa shape index (κ1) is 16.3. The first-order chi connectivity index (χ1) is 8.84. The van der Waals surface area contributed by atoms with Gasteiger partial charge in [0.15, 0.2) is 0 Å². The van der Waals surface area contributed by atoms with E-state index in [4.69, 9.17) is 12.2 Å². The quantitative estimate of drug-likeness (QED) is 0.378. The van der Waals surface area contributed by atoms with Gasteiger partial charge in [0.1, 0.15) is 4.32 Å². The third-order valence-corrected chi connectivity index (χ3v) is 5.13. The van der Waals surface area contributed by atoms with E-state index in [1.165, 1.54) is 83.1 Å². The number of thiocarbonyl (C=S) groups is 1. The summed E-state index contributed by atoms with van der Waals surface area (Å²) in [6.07, 6.45) is 14.1. The van der Waals surface area contributed by atoms with Gasteiger partial charge in [0.05, 0.1) is 0 Å². The molecule has 0 unspecified atom stereocenters. The van der Waals surface area contributed by atoms with Crippen LogP contribution in [0.25, 0.3) is 0 Å². The van der Waals surface area contributed by atoms with Crippen LogP contribution in [0.3, 0.4) is 0 Å². The Balaban J connectivity index is 1.77. The molecule has 1 saturated heterocycles. The first-order valence-electron chi connectivity index (χ1n) is 7.76. The molecule has 0 aliphatic carbocycles. The molecule has 1 aliphatic rings. The van der Waals surface area contributed by atoms with Crippen molar-refractivity contribution >= 4 is 28.3 Å². The third-order valence-electron chi connectivity index (χ3n) is 3.63. The molecule has 1 heterocycles. The fourth-order valence-corrected chi connectivity index (χ4v) is 3.70. The molecule has 1 fully saturated rings. The fourth-order valence-electron chi connectivity index (χ4n) is 2.42. The standard InChI is InChI=1S/C15H29NS2/c1-2-3-4-5-6-7-8-9-10-11-12-16-13-14-18-15(16)17/h2-14H2,1H3. The zero-order chi connectivity index (χ0) is 13.1. The summed E-state index contributed by atoms with van der Waals surface area (Å²) in [6.45, 7) is 4.66. The Bertz CT molecular complexity index is 219. The highest BCUT2D eigenvalue weighted by molar-refractivity contribution is 8.23. The third kappa shape index (κ3) is 7.63. The lowest BCUT2D eigenvalue weighted by molar-refractivity contribution is 0.438. The van der Waals surface area contributed by atoms with Crippen molar-refractivity contribution in [1.82, 2.24) is 4.90 Å². The molecule has 18 heavy (non-hydrogen) atoms. The number of rotatable bonds is 11. The maximum Gasteiger partial charge on any atom is 0.136 e. The van der Waals surface area contributed by atoms with Crippen LogP contribution in [0, 0.1) is 0 Å². The van der Waals surface area contributed by atoms with Gasteiger partial charge in [0.2, 0.25) is 0 Å². The van der Waals surface area contributed by atoms with Crippen LogP contribution in [-0.4, -0.2) is 28.1 Å². The summed E-state index contributed by atoms with van der Waals surface area (Å²) in [4.78, 5) is 2.38. The van der Waals surface area contributed by atoms with Gasteiger partial charge < -0.3 is 4.90 Å². The van der Waals surface area contributed by atoms with Gasteiger partial charge >= 0.3 is 0 Å². The molecular formula is C15H29NS2. The second-order valence-electron chi connectivity index (χ2n) is 5.28. The Morgan fingerprint density at radius 1 is 0.944 bits per heavy atom. The highest BCUT2D eigenvalue weighted by Gasteiger charge is 2.15. The van der Waals surface area contributed by atoms with E-state index in [0.29, 0.717) is 0 Å². The monoisotopic (exact) mass is 287 g/mol. The molecule has 0 atom stereocenters. The number of thioether (sulfide) groups is 1. The SMILES string of the molecule is CCCCCCCCCCCCN1CCSC1=S. The number of nitrogens with zero attached hydrogens (tertiary/aromatic N) is 1. The summed E-state index contributed by atoms with van der Waals surface area (Å²) < 4.78 is 1.13. The normalized spacial score (nSPS) is 15.6. The molecule has 0 amide bonds. The lowest BCUT2D eigenvalue weighted by Crippen LogP contribution is -2.23. The number of hydrogen-bond donors (Lipinski definition) is 0. The Morgan fingerprint density at radius 2 is 1.50 bits per heavy atom. The molecular weight excluding hydrogens is 258 g/mol. The van der Waals surface area contributed by atoms with Gasteiger partial charge in [-0.05, 0) is 6.42 Å². The van der Waals surface area contributed by atoms with E-state index in [0.717, 1.165) is 4.32 Å². The van der Waals surface area contributed by atoms with Crippen LogP contribution in [0.2, 0.25) is 0 Å². The van der Waals surface area contributed by atoms with Crippen LogP contribution >= 0.6 is 24.0 Å². The number of hydrogen-bond acceptors (Lipinski definition) is 2. The predicted molar refractivity (Wildman–Crippen MR) is 88.5 cm³/mol. The van der Waals surface area contributed by atoms with Crippen molar-refractivity contribution in [2.45, 2.75) is 71.1 Å². The lowest BCUT2D eigenvalue weighted by atomic mass is 10.1. The van der Waals surface area contributed by atoms with E-state index in [9.17, 15) is 0 Å². The summed E-state index contributed by atoms with van der Waals surface area (Å²) in [5, 5.41) is 0. The topological polar surface area (TPSA) is 3.24 Å². The van der Waals surface area contributed by atoms with Crippen molar-refractivity contribution in [3.05, 3.63) is 0 Å². The molecule has 3 heteroatoms. The smallest absolute Gasteiger partial charge is 0.136 e. The summed E-state index contributed by atoms with van der Waals surface area (Å²) in [5.41, 5.74) is 0. The van der Waals surface area contributed by atoms with Crippen molar-refractivity contribution in [2.75, 3.05) is 18.8 Å². The Hall–Kier alpha value is 0.240. The first-order valence-corrected chi connectivity index (χ1v) is 9.15. The van der Waals surface area contributed by atoms with Crippen LogP contribution in [-0.2, 0) is 0 Å². The Labute approximate surface area is 123 Å². The maximum atomic E-state index is 5.30. The van der Waals surface area contributed by atoms with E-state index in [-0.39, 0.29) is 0 Å². The van der Waals surface area contributed by atoms with Crippen LogP contribution in [0.4, 0.5) is 0 Å². The maximum absolute atomic E-state index is 5.30. The van der Waals surface area contributed by atoms with Gasteiger partial charge in [0.25, 0.3) is 0 Å². The highest BCUT2D eigenvalue weighted by atomic mass is 32.2. The van der Waals surface area contributed by atoms with Crippen LogP contribution < -0.4 is 0 Å². The summed E-state index contributed by atoms with van der Waals surface area (Å²) in [6, 6.07) is 0. The second kappa shape index (κ2) is 11.1. The predicted octanol–water partition coefficient (Wildman–Crippen LogP) is 5.24. The van der Waals surface area contributed by atoms with Gasteiger partial charge in [-0.2, -0.15) is 0 Å². The number of unbranched alkanes of at least 4 members (excludes halogenated alkanes) is 9. The molecule has 0 N–H and O–H groups in total. The van der Waals surface area contributed by atoms with Crippen molar-refractivity contribution in [3.8, 4) is 0 Å². The van der Waals surface area contributed by atoms with Crippen molar-refractivity contribution in [2.24, 2.45) is 0 Å². The summed E-state index contributed by atoms with van der Waals surface area (Å²) in [7, 11) is 0. The molecule has 0 aromatic heterocycles. The van der Waals surface area contributed by atoms with Crippen molar-refractivity contribution < 1.29 is 0 Å². The van der Waals surface area contributed by atoms with Gasteiger partial charge in [-0.3, -0.25) is 0 Å². The largest absolute Gasteiger partial charge is 0.357 e. The van der Waals surface area contributed by atoms with E-state index in [1.807, 2.05) is 11.8 Å². The minimum Gasteiger partial charge on any atom is -0.357 e. The second-order valence-corrected chi connectivity index (χ2v) is 7.01. The summed E-state index contributed by atoms with van der Waals surface area (Å²) >= 11 is 7.14. The Kier molecular flexibility index (Phi) is 10.0. The van der Waals surface area contributed by atoms with Crippen LogP contribution in [0.15, 0.2) is 0 Å². The molecule has 1 rings (SSSR count). The molecule has 106 valence electrons. The highest BCUT2D eigenvalue weighted by Crippen LogP contribution is 2.18. The van der Waals surface area contributed by atoms with Gasteiger partial charge in [-0.15, -0.1) is 0 Å². The van der Waals surface area contributed by atoms with Gasteiger partial charge in [-0.25, -0.2) is 0 Å². The zero-order valence-electron chi connectivity index (χ0n) is 12.0. The van der Waals surface area contributed by atoms with Crippen molar-refractivity contribution in [1.29, 1.82) is 0 Å². The van der Waals surface area contributed by atoms with Crippen LogP contribution in [0.1, 0.15) is 71.1 Å². The average molecular weight is 288 g/mol. The minimum absolute atomic E-state index is 1.13. The van der Waals surface area contributed by atoms with Gasteiger partial charge in [0, 0.05) is 18.8 Å². The molecule has 0 spiro atoms. The molecule has 1 nitrogen and oxygen atoms in total. The molecule has 0 saturated carbocycles. The minimum atomic E-state index is 1.13. The van der Waals surface area contributed by atoms with E-state index in [1.54, 1.807) is 0 Å². The van der Waals surface area contributed by atoms with E-state index < -0.39 is 0 Å². The molecule has 0 aromatic rings. The molecule has 0 bridgehead atoms. The van der Waals surface area contributed by atoms with Crippen molar-refractivity contribution in [3.63, 3.8) is 0 Å². The molecule has 1 aliphatic heterocycles. The summed E-state index contributed by atoms with van der Waals surface area (Å²) in [5.74, 6) is 1.20. The zero-order valence-corrected chi connectivity index (χ0v) is 13.6. The van der Waals surface area contributed by atoms with E-state index in [2.05, 4.69) is 11.8 Å². The Morgan fingerprint density at radius 3 is 2.00 bits per heavy atom. The average Bonchev–Trinajstić information content (AvgIpc) is 2.77. The lowest BCUT2D eigenvalue weighted by Gasteiger charge is -2.16. The molecule has 0 radical (unpaired) electrons. The van der Waals surface area contributed by atoms with Crippen LogP contribution in [0.5, 0.6) is 0 Å². The molecule has 0 aromatic carbocycles. The van der Waals surface area contributed by atoms with Gasteiger partial charge in [-0.1, -0.05) is 88.7 Å². The van der Waals surface area contributed by atoms with E-state index >= 15 is 0 Å².